The van der Waals surface area contributed by atoms with E-state index >= 15 is 0 Å². The summed E-state index contributed by atoms with van der Waals surface area (Å²) in [7, 11) is 0. The summed E-state index contributed by atoms with van der Waals surface area (Å²) in [6.45, 7) is 8.82. The molecule has 0 radical (unpaired) electrons. The highest BCUT2D eigenvalue weighted by Gasteiger charge is 2.22. The van der Waals surface area contributed by atoms with Crippen LogP contribution in [0.4, 0.5) is 0 Å². The third-order valence-electron chi connectivity index (χ3n) is 4.10. The van der Waals surface area contributed by atoms with E-state index in [4.69, 9.17) is 0 Å². The Hall–Kier alpha value is -3.09. The number of amides is 3. The van der Waals surface area contributed by atoms with Crippen molar-refractivity contribution >= 4 is 17.7 Å². The minimum atomic E-state index is -0.585. The van der Waals surface area contributed by atoms with Crippen molar-refractivity contribution in [2.45, 2.75) is 34.6 Å². The molecule has 1 aromatic heterocycles. The van der Waals surface area contributed by atoms with Crippen molar-refractivity contribution in [2.75, 3.05) is 6.54 Å². The smallest absolute Gasteiger partial charge is 0.271 e. The summed E-state index contributed by atoms with van der Waals surface area (Å²) >= 11 is 0. The summed E-state index contributed by atoms with van der Waals surface area (Å²) in [6.07, 6.45) is 0. The Kier molecular flexibility index (Phi) is 6.05. The largest absolute Gasteiger partial charge is 0.347 e. The molecule has 3 N–H and O–H groups in total. The molecule has 144 valence electrons. The van der Waals surface area contributed by atoms with Crippen molar-refractivity contribution < 1.29 is 14.4 Å². The van der Waals surface area contributed by atoms with Crippen molar-refractivity contribution in [3.8, 4) is 5.69 Å². The van der Waals surface area contributed by atoms with Crippen molar-refractivity contribution in [1.29, 1.82) is 0 Å². The van der Waals surface area contributed by atoms with Crippen molar-refractivity contribution in [2.24, 2.45) is 5.41 Å². The van der Waals surface area contributed by atoms with Crippen LogP contribution in [0.2, 0.25) is 0 Å². The van der Waals surface area contributed by atoms with E-state index in [-0.39, 0.29) is 12.5 Å². The van der Waals surface area contributed by atoms with E-state index in [1.165, 1.54) is 0 Å². The molecular formula is C20H26N4O3. The van der Waals surface area contributed by atoms with Gasteiger partial charge in [-0.1, -0.05) is 39.0 Å². The van der Waals surface area contributed by atoms with Crippen LogP contribution in [0.3, 0.4) is 0 Å². The number of aryl methyl sites for hydroxylation is 1. The van der Waals surface area contributed by atoms with E-state index < -0.39 is 17.2 Å². The second-order valence-corrected chi connectivity index (χ2v) is 7.39. The zero-order valence-electron chi connectivity index (χ0n) is 16.3. The highest BCUT2D eigenvalue weighted by Crippen LogP contribution is 2.20. The number of nitrogens with one attached hydrogen (secondary N) is 3. The summed E-state index contributed by atoms with van der Waals surface area (Å²) in [6, 6.07) is 11.5. The van der Waals surface area contributed by atoms with E-state index in [2.05, 4.69) is 16.2 Å². The molecule has 0 spiro atoms. The van der Waals surface area contributed by atoms with Crippen LogP contribution in [0, 0.1) is 19.3 Å². The molecule has 0 saturated carbocycles. The van der Waals surface area contributed by atoms with Gasteiger partial charge in [0.25, 0.3) is 11.8 Å². The van der Waals surface area contributed by atoms with Crippen molar-refractivity contribution in [1.82, 2.24) is 20.7 Å². The van der Waals surface area contributed by atoms with Gasteiger partial charge in [-0.2, -0.15) is 0 Å². The normalized spacial score (nSPS) is 11.0. The molecule has 0 aliphatic rings. The maximum Gasteiger partial charge on any atom is 0.271 e. The second-order valence-electron chi connectivity index (χ2n) is 7.39. The van der Waals surface area contributed by atoms with Gasteiger partial charge >= 0.3 is 0 Å². The van der Waals surface area contributed by atoms with Crippen LogP contribution < -0.4 is 16.2 Å². The van der Waals surface area contributed by atoms with Gasteiger partial charge in [-0.15, -0.1) is 0 Å². The molecule has 2 aromatic rings. The molecule has 3 amide bonds. The molecule has 27 heavy (non-hydrogen) atoms. The quantitative estimate of drug-likeness (QED) is 0.719. The lowest BCUT2D eigenvalue weighted by Gasteiger charge is -2.17. The minimum Gasteiger partial charge on any atom is -0.347 e. The number of hydrazine groups is 1. The van der Waals surface area contributed by atoms with Gasteiger partial charge in [0.15, 0.2) is 0 Å². The molecule has 1 aromatic carbocycles. The van der Waals surface area contributed by atoms with Gasteiger partial charge in [0.2, 0.25) is 5.91 Å². The Balaban J connectivity index is 1.99. The predicted octanol–water partition coefficient (Wildman–Crippen LogP) is 2.02. The fourth-order valence-corrected chi connectivity index (χ4v) is 2.63. The first-order valence-electron chi connectivity index (χ1n) is 8.73. The van der Waals surface area contributed by atoms with Crippen LogP contribution in [0.15, 0.2) is 36.4 Å². The summed E-state index contributed by atoms with van der Waals surface area (Å²) < 4.78 is 1.97. The van der Waals surface area contributed by atoms with E-state index in [9.17, 15) is 14.4 Å². The fourth-order valence-electron chi connectivity index (χ4n) is 2.63. The molecule has 7 nitrogen and oxygen atoms in total. The van der Waals surface area contributed by atoms with Crippen LogP contribution in [0.1, 0.15) is 42.5 Å². The molecule has 0 bridgehead atoms. The lowest BCUT2D eigenvalue weighted by Crippen LogP contribution is -2.47. The Morgan fingerprint density at radius 2 is 1.63 bits per heavy atom. The third-order valence-corrected chi connectivity index (χ3v) is 4.10. The van der Waals surface area contributed by atoms with Crippen LogP contribution in [0.25, 0.3) is 5.69 Å². The first-order chi connectivity index (χ1) is 12.6. The van der Waals surface area contributed by atoms with Gasteiger partial charge in [-0.3, -0.25) is 25.2 Å². The topological polar surface area (TPSA) is 92.2 Å². The lowest BCUT2D eigenvalue weighted by atomic mass is 9.96. The van der Waals surface area contributed by atoms with Gasteiger partial charge in [-0.05, 0) is 32.0 Å². The van der Waals surface area contributed by atoms with E-state index in [1.54, 1.807) is 26.8 Å². The number of hydrogen-bond acceptors (Lipinski definition) is 3. The fraction of sp³-hybridized carbons (Fsp3) is 0.350. The summed E-state index contributed by atoms with van der Waals surface area (Å²) in [4.78, 5) is 36.0. The van der Waals surface area contributed by atoms with Crippen LogP contribution in [0.5, 0.6) is 0 Å². The number of rotatable bonds is 4. The first kappa shape index (κ1) is 20.2. The molecule has 1 heterocycles. The van der Waals surface area contributed by atoms with Gasteiger partial charge < -0.3 is 9.88 Å². The molecule has 0 saturated heterocycles. The zero-order chi connectivity index (χ0) is 20.2. The Bertz CT molecular complexity index is 848. The van der Waals surface area contributed by atoms with Gasteiger partial charge in [-0.25, -0.2) is 0 Å². The summed E-state index contributed by atoms with van der Waals surface area (Å²) in [5, 5.41) is 2.53. The number of carbonyl (C=O) groups excluding carboxylic acids is 3. The second kappa shape index (κ2) is 8.07. The van der Waals surface area contributed by atoms with Crippen LogP contribution in [-0.2, 0) is 9.59 Å². The molecular weight excluding hydrogens is 344 g/mol. The van der Waals surface area contributed by atoms with Crippen LogP contribution >= 0.6 is 0 Å². The number of benzene rings is 1. The van der Waals surface area contributed by atoms with Gasteiger partial charge in [0.1, 0.15) is 0 Å². The first-order valence-corrected chi connectivity index (χ1v) is 8.73. The standard InChI is InChI=1S/C20H26N4O3/c1-13-11-16(14(2)24(13)15-9-7-6-8-10-15)18(26)23-22-17(25)12-21-19(27)20(3,4)5/h6-11H,12H2,1-5H3,(H,21,27)(H,22,25)(H,23,26). The molecule has 0 aliphatic heterocycles. The monoisotopic (exact) mass is 370 g/mol. The van der Waals surface area contributed by atoms with E-state index in [1.807, 2.05) is 48.7 Å². The van der Waals surface area contributed by atoms with Crippen molar-refractivity contribution in [3.63, 3.8) is 0 Å². The minimum absolute atomic E-state index is 0.209. The Labute approximate surface area is 159 Å². The predicted molar refractivity (Wildman–Crippen MR) is 103 cm³/mol. The average molecular weight is 370 g/mol. The van der Waals surface area contributed by atoms with E-state index in [0.29, 0.717) is 5.56 Å². The summed E-state index contributed by atoms with van der Waals surface area (Å²) in [5.74, 6) is -1.16. The van der Waals surface area contributed by atoms with Gasteiger partial charge in [0.05, 0.1) is 12.1 Å². The SMILES string of the molecule is Cc1cc(C(=O)NNC(=O)CNC(=O)C(C)(C)C)c(C)n1-c1ccccc1. The average Bonchev–Trinajstić information content (AvgIpc) is 2.91. The highest BCUT2D eigenvalue weighted by atomic mass is 16.2. The highest BCUT2D eigenvalue weighted by molar-refractivity contribution is 5.97. The molecule has 0 atom stereocenters. The Morgan fingerprint density at radius 3 is 2.22 bits per heavy atom. The zero-order valence-corrected chi connectivity index (χ0v) is 16.3. The molecule has 0 unspecified atom stereocenters. The number of aromatic nitrogens is 1. The lowest BCUT2D eigenvalue weighted by molar-refractivity contribution is -0.131. The number of hydrogen-bond donors (Lipinski definition) is 3. The maximum atomic E-state index is 12.4. The number of nitrogens with zero attached hydrogens (tertiary/aromatic N) is 1. The molecule has 2 rings (SSSR count). The molecule has 0 fully saturated rings. The maximum absolute atomic E-state index is 12.4. The Morgan fingerprint density at radius 1 is 1.00 bits per heavy atom. The number of para-hydroxylation sites is 1. The molecule has 7 heteroatoms. The van der Waals surface area contributed by atoms with E-state index in [0.717, 1.165) is 17.1 Å². The van der Waals surface area contributed by atoms with Crippen molar-refractivity contribution in [3.05, 3.63) is 53.3 Å². The third kappa shape index (κ3) is 4.97. The number of carbonyl (C=O) groups is 3. The van der Waals surface area contributed by atoms with Gasteiger partial charge in [0, 0.05) is 22.5 Å². The summed E-state index contributed by atoms with van der Waals surface area (Å²) in [5.41, 5.74) is 7.23. The molecule has 0 aliphatic carbocycles. The van der Waals surface area contributed by atoms with Crippen LogP contribution in [-0.4, -0.2) is 28.8 Å².